The second-order valence-corrected chi connectivity index (χ2v) is 6.27. The van der Waals surface area contributed by atoms with Crippen LogP contribution in [0.4, 0.5) is 10.5 Å². The van der Waals surface area contributed by atoms with Crippen molar-refractivity contribution in [3.05, 3.63) is 66.7 Å². The van der Waals surface area contributed by atoms with Crippen molar-refractivity contribution in [2.75, 3.05) is 31.6 Å². The highest BCUT2D eigenvalue weighted by Gasteiger charge is 2.07. The zero-order valence-corrected chi connectivity index (χ0v) is 17.4. The molecule has 172 valence electrons. The lowest BCUT2D eigenvalue weighted by molar-refractivity contribution is -0.159. The molecule has 0 fully saturated rings. The SMILES string of the molecule is C=Cc1ccccc1OCC(O)CNCCNC(=O)Nc1ccccc1.O=C(O)C(=O)O. The van der Waals surface area contributed by atoms with Crippen molar-refractivity contribution in [1.29, 1.82) is 0 Å². The number of amides is 2. The third-order valence-electron chi connectivity index (χ3n) is 3.75. The van der Waals surface area contributed by atoms with E-state index in [1.54, 1.807) is 6.08 Å². The normalized spacial score (nSPS) is 10.7. The molecule has 0 radical (unpaired) electrons. The summed E-state index contributed by atoms with van der Waals surface area (Å²) >= 11 is 0. The molecular formula is C22H27N3O7. The molecule has 32 heavy (non-hydrogen) atoms. The quantitative estimate of drug-likeness (QED) is 0.238. The van der Waals surface area contributed by atoms with Crippen molar-refractivity contribution in [2.24, 2.45) is 0 Å². The van der Waals surface area contributed by atoms with E-state index >= 15 is 0 Å². The summed E-state index contributed by atoms with van der Waals surface area (Å²) in [7, 11) is 0. The highest BCUT2D eigenvalue weighted by Crippen LogP contribution is 2.18. The minimum absolute atomic E-state index is 0.180. The average molecular weight is 445 g/mol. The van der Waals surface area contributed by atoms with Crippen molar-refractivity contribution >= 4 is 29.7 Å². The second kappa shape index (κ2) is 15.0. The summed E-state index contributed by atoms with van der Waals surface area (Å²) in [5, 5.41) is 33.3. The molecule has 0 aliphatic rings. The van der Waals surface area contributed by atoms with Crippen LogP contribution in [0.15, 0.2) is 61.2 Å². The van der Waals surface area contributed by atoms with Crippen LogP contribution in [0, 0.1) is 0 Å². The Morgan fingerprint density at radius 2 is 1.59 bits per heavy atom. The molecular weight excluding hydrogens is 418 g/mol. The minimum Gasteiger partial charge on any atom is -0.490 e. The van der Waals surface area contributed by atoms with Gasteiger partial charge in [-0.3, -0.25) is 0 Å². The number of nitrogens with one attached hydrogen (secondary N) is 3. The first-order valence-corrected chi connectivity index (χ1v) is 9.62. The molecule has 0 saturated heterocycles. The number of urea groups is 1. The van der Waals surface area contributed by atoms with Gasteiger partial charge in [-0.2, -0.15) is 0 Å². The number of carboxylic acids is 2. The minimum atomic E-state index is -1.82. The first-order chi connectivity index (χ1) is 15.3. The van der Waals surface area contributed by atoms with Crippen LogP contribution in [0.2, 0.25) is 0 Å². The number of aliphatic hydroxyl groups excluding tert-OH is 1. The lowest BCUT2D eigenvalue weighted by Gasteiger charge is -2.15. The second-order valence-electron chi connectivity index (χ2n) is 6.27. The van der Waals surface area contributed by atoms with E-state index in [9.17, 15) is 9.90 Å². The average Bonchev–Trinajstić information content (AvgIpc) is 2.78. The number of hydrogen-bond donors (Lipinski definition) is 6. The summed E-state index contributed by atoms with van der Waals surface area (Å²) in [5.41, 5.74) is 1.63. The number of benzene rings is 2. The highest BCUT2D eigenvalue weighted by atomic mass is 16.5. The number of carbonyl (C=O) groups excluding carboxylic acids is 1. The van der Waals surface area contributed by atoms with Gasteiger partial charge in [0.1, 0.15) is 18.5 Å². The number of carbonyl (C=O) groups is 3. The van der Waals surface area contributed by atoms with Gasteiger partial charge in [-0.1, -0.05) is 49.1 Å². The van der Waals surface area contributed by atoms with Crippen LogP contribution in [0.1, 0.15) is 5.56 Å². The number of carboxylic acid groups (broad SMARTS) is 2. The smallest absolute Gasteiger partial charge is 0.414 e. The standard InChI is InChI=1S/C20H25N3O3.C2H2O4/c1-2-16-8-6-7-11-19(16)26-15-18(24)14-21-12-13-22-20(25)23-17-9-4-3-5-10-17;3-1(4)2(5)6/h2-11,18,21,24H,1,12-15H2,(H2,22,23,25);(H,3,4)(H,5,6). The maximum atomic E-state index is 11.7. The van der Waals surface area contributed by atoms with E-state index in [1.807, 2.05) is 54.6 Å². The van der Waals surface area contributed by atoms with Gasteiger partial charge in [0.15, 0.2) is 0 Å². The first-order valence-electron chi connectivity index (χ1n) is 9.62. The highest BCUT2D eigenvalue weighted by molar-refractivity contribution is 6.27. The van der Waals surface area contributed by atoms with Crippen molar-refractivity contribution < 1.29 is 34.4 Å². The Balaban J connectivity index is 0.000000751. The zero-order chi connectivity index (χ0) is 23.8. The van der Waals surface area contributed by atoms with Gasteiger partial charge in [0.05, 0.1) is 0 Å². The topological polar surface area (TPSA) is 157 Å². The number of ether oxygens (including phenoxy) is 1. The van der Waals surface area contributed by atoms with Crippen LogP contribution in [0.25, 0.3) is 6.08 Å². The van der Waals surface area contributed by atoms with E-state index in [1.165, 1.54) is 0 Å². The number of rotatable bonds is 10. The summed E-state index contributed by atoms with van der Waals surface area (Å²) in [5.74, 6) is -2.95. The van der Waals surface area contributed by atoms with Gasteiger partial charge >= 0.3 is 18.0 Å². The Labute approximate surface area is 185 Å². The Morgan fingerprint density at radius 1 is 0.969 bits per heavy atom. The van der Waals surface area contributed by atoms with Crippen LogP contribution in [0.3, 0.4) is 0 Å². The summed E-state index contributed by atoms with van der Waals surface area (Å²) in [6.45, 7) is 5.28. The first kappa shape index (κ1) is 26.1. The molecule has 0 heterocycles. The summed E-state index contributed by atoms with van der Waals surface area (Å²) < 4.78 is 5.61. The van der Waals surface area contributed by atoms with E-state index in [0.717, 1.165) is 11.3 Å². The number of hydrogen-bond acceptors (Lipinski definition) is 6. The van der Waals surface area contributed by atoms with Gasteiger partial charge in [-0.15, -0.1) is 0 Å². The number of anilines is 1. The van der Waals surface area contributed by atoms with E-state index in [2.05, 4.69) is 22.5 Å². The molecule has 10 nitrogen and oxygen atoms in total. The van der Waals surface area contributed by atoms with Gasteiger partial charge in [0, 0.05) is 30.9 Å². The van der Waals surface area contributed by atoms with Crippen molar-refractivity contribution in [1.82, 2.24) is 10.6 Å². The van der Waals surface area contributed by atoms with Crippen molar-refractivity contribution in [3.63, 3.8) is 0 Å². The molecule has 2 rings (SSSR count). The van der Waals surface area contributed by atoms with Crippen molar-refractivity contribution in [2.45, 2.75) is 6.10 Å². The van der Waals surface area contributed by atoms with E-state index < -0.39 is 18.0 Å². The number of aliphatic carboxylic acids is 2. The van der Waals surface area contributed by atoms with E-state index in [0.29, 0.717) is 25.4 Å². The van der Waals surface area contributed by atoms with Crippen LogP contribution >= 0.6 is 0 Å². The van der Waals surface area contributed by atoms with E-state index in [4.69, 9.17) is 24.5 Å². The summed E-state index contributed by atoms with van der Waals surface area (Å²) in [6.07, 6.45) is 1.07. The lowest BCUT2D eigenvalue weighted by Crippen LogP contribution is -2.38. The molecule has 2 aromatic rings. The Bertz CT molecular complexity index is 863. The Morgan fingerprint density at radius 3 is 2.22 bits per heavy atom. The fourth-order valence-corrected chi connectivity index (χ4v) is 2.26. The van der Waals surface area contributed by atoms with Crippen LogP contribution in [0.5, 0.6) is 5.75 Å². The third-order valence-corrected chi connectivity index (χ3v) is 3.75. The van der Waals surface area contributed by atoms with Crippen LogP contribution in [-0.4, -0.2) is 65.6 Å². The van der Waals surface area contributed by atoms with Crippen molar-refractivity contribution in [3.8, 4) is 5.75 Å². The summed E-state index contributed by atoms with van der Waals surface area (Å²) in [6, 6.07) is 16.5. The Hall–Kier alpha value is -3.89. The largest absolute Gasteiger partial charge is 0.490 e. The molecule has 10 heteroatoms. The van der Waals surface area contributed by atoms with Crippen LogP contribution in [-0.2, 0) is 9.59 Å². The predicted molar refractivity (Wildman–Crippen MR) is 120 cm³/mol. The van der Waals surface area contributed by atoms with Crippen LogP contribution < -0.4 is 20.7 Å². The van der Waals surface area contributed by atoms with Gasteiger partial charge in [0.25, 0.3) is 0 Å². The lowest BCUT2D eigenvalue weighted by atomic mass is 10.2. The van der Waals surface area contributed by atoms with Gasteiger partial charge in [-0.25, -0.2) is 14.4 Å². The monoisotopic (exact) mass is 445 g/mol. The molecule has 1 atom stereocenters. The predicted octanol–water partition coefficient (Wildman–Crippen LogP) is 1.64. The molecule has 0 aromatic heterocycles. The van der Waals surface area contributed by atoms with Gasteiger partial charge < -0.3 is 36.0 Å². The molecule has 0 spiro atoms. The molecule has 0 aliphatic carbocycles. The molecule has 2 amide bonds. The van der Waals surface area contributed by atoms with Gasteiger partial charge in [-0.05, 0) is 18.2 Å². The number of aliphatic hydroxyl groups is 1. The number of para-hydroxylation sites is 2. The van der Waals surface area contributed by atoms with E-state index in [-0.39, 0.29) is 12.6 Å². The molecule has 2 aromatic carbocycles. The Kier molecular flexibility index (Phi) is 12.2. The maximum absolute atomic E-state index is 11.7. The third kappa shape index (κ3) is 11.3. The zero-order valence-electron chi connectivity index (χ0n) is 17.4. The molecule has 0 aliphatic heterocycles. The van der Waals surface area contributed by atoms with Gasteiger partial charge in [0.2, 0.25) is 0 Å². The maximum Gasteiger partial charge on any atom is 0.414 e. The fourth-order valence-electron chi connectivity index (χ4n) is 2.26. The fraction of sp³-hybridized carbons (Fsp3) is 0.227. The summed E-state index contributed by atoms with van der Waals surface area (Å²) in [4.78, 5) is 29.9. The molecule has 0 saturated carbocycles. The molecule has 0 bridgehead atoms. The molecule has 6 N–H and O–H groups in total. The molecule has 1 unspecified atom stereocenters.